The average Bonchev–Trinajstić information content (AvgIpc) is 3.05. The summed E-state index contributed by atoms with van der Waals surface area (Å²) in [7, 11) is 0. The van der Waals surface area contributed by atoms with Crippen LogP contribution in [0.5, 0.6) is 0 Å². The molecule has 1 N–H and O–H groups in total. The zero-order valence-corrected chi connectivity index (χ0v) is 13.1. The number of hydrogen-bond acceptors (Lipinski definition) is 3. The predicted molar refractivity (Wildman–Crippen MR) is 90.3 cm³/mol. The van der Waals surface area contributed by atoms with E-state index in [1.165, 1.54) is 4.90 Å². The maximum absolute atomic E-state index is 12.4. The number of benzene rings is 2. The minimum Gasteiger partial charge on any atom is -0.447 e. The summed E-state index contributed by atoms with van der Waals surface area (Å²) in [5.41, 5.74) is 1.53. The van der Waals surface area contributed by atoms with Gasteiger partial charge in [0.05, 0.1) is 12.6 Å². The van der Waals surface area contributed by atoms with E-state index < -0.39 is 0 Å². The third kappa shape index (κ3) is 3.81. The average molecular weight is 322 g/mol. The van der Waals surface area contributed by atoms with Crippen molar-refractivity contribution in [1.82, 2.24) is 10.2 Å². The maximum Gasteiger partial charge on any atom is 0.413 e. The van der Waals surface area contributed by atoms with Gasteiger partial charge in [0.2, 0.25) is 0 Å². The van der Waals surface area contributed by atoms with Gasteiger partial charge < -0.3 is 10.1 Å². The van der Waals surface area contributed by atoms with Crippen molar-refractivity contribution >= 4 is 12.0 Å². The first-order chi connectivity index (χ1) is 11.7. The highest BCUT2D eigenvalue weighted by molar-refractivity contribution is 5.94. The van der Waals surface area contributed by atoms with Gasteiger partial charge in [-0.15, -0.1) is 0 Å². The van der Waals surface area contributed by atoms with Crippen LogP contribution in [0.3, 0.4) is 0 Å². The lowest BCUT2D eigenvalue weighted by molar-refractivity contribution is 0.0944. The number of carbonyl (C=O) groups is 2. The van der Waals surface area contributed by atoms with Gasteiger partial charge in [0.1, 0.15) is 6.61 Å². The third-order valence-electron chi connectivity index (χ3n) is 3.73. The Balaban J connectivity index is 1.79. The molecule has 0 radical (unpaired) electrons. The highest BCUT2D eigenvalue weighted by Crippen LogP contribution is 2.16. The van der Waals surface area contributed by atoms with Crippen LogP contribution < -0.4 is 5.32 Å². The molecule has 1 saturated heterocycles. The Labute approximate surface area is 140 Å². The number of hydrogen-bond donors (Lipinski definition) is 1. The Kier molecular flexibility index (Phi) is 4.91. The monoisotopic (exact) mass is 322 g/mol. The summed E-state index contributed by atoms with van der Waals surface area (Å²) in [5, 5.41) is 2.98. The van der Waals surface area contributed by atoms with Crippen molar-refractivity contribution < 1.29 is 14.3 Å². The summed E-state index contributed by atoms with van der Waals surface area (Å²) < 4.78 is 4.90. The van der Waals surface area contributed by atoms with E-state index in [4.69, 9.17) is 4.74 Å². The highest BCUT2D eigenvalue weighted by Gasteiger charge is 2.20. The van der Waals surface area contributed by atoms with E-state index in [2.05, 4.69) is 5.32 Å². The van der Waals surface area contributed by atoms with Crippen LogP contribution in [0.4, 0.5) is 4.79 Å². The Hall–Kier alpha value is -3.08. The first kappa shape index (κ1) is 15.8. The van der Waals surface area contributed by atoms with Gasteiger partial charge >= 0.3 is 6.09 Å². The van der Waals surface area contributed by atoms with E-state index in [0.29, 0.717) is 18.7 Å². The van der Waals surface area contributed by atoms with Crippen LogP contribution >= 0.6 is 0 Å². The van der Waals surface area contributed by atoms with Crippen LogP contribution in [0.15, 0.2) is 72.9 Å². The van der Waals surface area contributed by atoms with Crippen molar-refractivity contribution in [2.24, 2.45) is 0 Å². The van der Waals surface area contributed by atoms with E-state index in [9.17, 15) is 9.59 Å². The Morgan fingerprint density at radius 3 is 2.38 bits per heavy atom. The second kappa shape index (κ2) is 7.46. The molecule has 5 nitrogen and oxygen atoms in total. The van der Waals surface area contributed by atoms with Crippen molar-refractivity contribution in [1.29, 1.82) is 0 Å². The van der Waals surface area contributed by atoms with Crippen molar-refractivity contribution in [3.8, 4) is 0 Å². The highest BCUT2D eigenvalue weighted by atomic mass is 16.6. The quantitative estimate of drug-likeness (QED) is 0.920. The van der Waals surface area contributed by atoms with Crippen LogP contribution in [-0.2, 0) is 4.74 Å². The lowest BCUT2D eigenvalue weighted by atomic mass is 10.1. The Morgan fingerprint density at radius 2 is 1.75 bits per heavy atom. The van der Waals surface area contributed by atoms with Crippen LogP contribution in [0, 0.1) is 0 Å². The Bertz CT molecular complexity index is 729. The number of cyclic esters (lactones) is 1. The van der Waals surface area contributed by atoms with Gasteiger partial charge in [0.25, 0.3) is 5.91 Å². The van der Waals surface area contributed by atoms with Crippen LogP contribution in [-0.4, -0.2) is 30.1 Å². The zero-order chi connectivity index (χ0) is 16.8. The normalized spacial score (nSPS) is 15.3. The number of rotatable bonds is 5. The van der Waals surface area contributed by atoms with Gasteiger partial charge in [0.15, 0.2) is 0 Å². The van der Waals surface area contributed by atoms with Crippen LogP contribution in [0.25, 0.3) is 0 Å². The standard InChI is InChI=1S/C19H18N2O3/c22-18(16-9-5-2-6-10-16)20-17(15-7-3-1-4-8-15)11-12-21-13-14-24-19(21)23/h1-12,17H,13-14H2,(H,20,22)/b12-11+. The summed E-state index contributed by atoms with van der Waals surface area (Å²) in [6, 6.07) is 18.3. The molecule has 2 aromatic rings. The minimum absolute atomic E-state index is 0.168. The molecule has 0 saturated carbocycles. The van der Waals surface area contributed by atoms with Gasteiger partial charge in [-0.05, 0) is 23.8 Å². The van der Waals surface area contributed by atoms with E-state index >= 15 is 0 Å². The first-order valence-corrected chi connectivity index (χ1v) is 7.76. The van der Waals surface area contributed by atoms with Gasteiger partial charge in [-0.1, -0.05) is 48.5 Å². The van der Waals surface area contributed by atoms with E-state index in [-0.39, 0.29) is 18.0 Å². The van der Waals surface area contributed by atoms with Gasteiger partial charge in [-0.2, -0.15) is 0 Å². The molecular formula is C19H18N2O3. The molecule has 0 bridgehead atoms. The molecule has 5 heteroatoms. The zero-order valence-electron chi connectivity index (χ0n) is 13.1. The molecule has 2 amide bonds. The smallest absolute Gasteiger partial charge is 0.413 e. The predicted octanol–water partition coefficient (Wildman–Crippen LogP) is 3.12. The number of nitrogens with zero attached hydrogens (tertiary/aromatic N) is 1. The topological polar surface area (TPSA) is 58.6 Å². The molecule has 0 spiro atoms. The molecular weight excluding hydrogens is 304 g/mol. The largest absolute Gasteiger partial charge is 0.447 e. The molecule has 24 heavy (non-hydrogen) atoms. The van der Waals surface area contributed by atoms with E-state index in [0.717, 1.165) is 5.56 Å². The number of ether oxygens (including phenoxy) is 1. The molecule has 0 aliphatic carbocycles. The molecule has 1 fully saturated rings. The summed E-state index contributed by atoms with van der Waals surface area (Å²) in [6.07, 6.45) is 3.09. The molecule has 1 aliphatic rings. The second-order valence-electron chi connectivity index (χ2n) is 5.38. The molecule has 3 rings (SSSR count). The Morgan fingerprint density at radius 1 is 1.08 bits per heavy atom. The lowest BCUT2D eigenvalue weighted by Crippen LogP contribution is -2.28. The molecule has 2 aromatic carbocycles. The fourth-order valence-corrected chi connectivity index (χ4v) is 2.45. The van der Waals surface area contributed by atoms with Gasteiger partial charge in [0, 0.05) is 11.8 Å². The maximum atomic E-state index is 12.4. The van der Waals surface area contributed by atoms with Crippen LogP contribution in [0.1, 0.15) is 22.0 Å². The SMILES string of the molecule is O=C(NC(/C=C/N1CCOC1=O)c1ccccc1)c1ccccc1. The fourth-order valence-electron chi connectivity index (χ4n) is 2.45. The first-order valence-electron chi connectivity index (χ1n) is 7.76. The molecule has 0 aromatic heterocycles. The third-order valence-corrected chi connectivity index (χ3v) is 3.73. The van der Waals surface area contributed by atoms with Crippen molar-refractivity contribution in [3.05, 3.63) is 84.1 Å². The fraction of sp³-hybridized carbons (Fsp3) is 0.158. The lowest BCUT2D eigenvalue weighted by Gasteiger charge is -2.17. The number of amides is 2. The molecule has 1 heterocycles. The summed E-state index contributed by atoms with van der Waals surface area (Å²) >= 11 is 0. The number of nitrogens with one attached hydrogen (secondary N) is 1. The van der Waals surface area contributed by atoms with Crippen LogP contribution in [0.2, 0.25) is 0 Å². The summed E-state index contributed by atoms with van der Waals surface area (Å²) in [4.78, 5) is 25.5. The van der Waals surface area contributed by atoms with Gasteiger partial charge in [-0.25, -0.2) is 4.79 Å². The summed E-state index contributed by atoms with van der Waals surface area (Å²) in [6.45, 7) is 0.902. The van der Waals surface area contributed by atoms with Crippen molar-refractivity contribution in [3.63, 3.8) is 0 Å². The van der Waals surface area contributed by atoms with Gasteiger partial charge in [-0.3, -0.25) is 9.69 Å². The molecule has 1 atom stereocenters. The van der Waals surface area contributed by atoms with E-state index in [1.54, 1.807) is 24.4 Å². The van der Waals surface area contributed by atoms with Crippen molar-refractivity contribution in [2.45, 2.75) is 6.04 Å². The second-order valence-corrected chi connectivity index (χ2v) is 5.38. The molecule has 1 unspecified atom stereocenters. The molecule has 1 aliphatic heterocycles. The summed E-state index contributed by atoms with van der Waals surface area (Å²) in [5.74, 6) is -0.168. The minimum atomic E-state index is -0.368. The van der Waals surface area contributed by atoms with Crippen molar-refractivity contribution in [2.75, 3.05) is 13.2 Å². The molecule has 122 valence electrons. The number of carbonyl (C=O) groups excluding carboxylic acids is 2. The van der Waals surface area contributed by atoms with E-state index in [1.807, 2.05) is 48.5 Å².